The Kier molecular flexibility index (Phi) is 6.08. The first-order chi connectivity index (χ1) is 10.0. The van der Waals surface area contributed by atoms with Gasteiger partial charge in [-0.3, -0.25) is 0 Å². The van der Waals surface area contributed by atoms with Gasteiger partial charge in [0.15, 0.2) is 0 Å². The second-order valence-electron chi connectivity index (χ2n) is 5.95. The van der Waals surface area contributed by atoms with E-state index in [1.165, 1.54) is 38.1 Å². The summed E-state index contributed by atoms with van der Waals surface area (Å²) >= 11 is 0. The molecule has 21 heavy (non-hydrogen) atoms. The van der Waals surface area contributed by atoms with Crippen molar-refractivity contribution >= 4 is 0 Å². The summed E-state index contributed by atoms with van der Waals surface area (Å²) in [6.07, 6.45) is 3.30. The number of benzene rings is 1. The van der Waals surface area contributed by atoms with Crippen LogP contribution in [-0.2, 0) is 0 Å². The van der Waals surface area contributed by atoms with Gasteiger partial charge in [-0.25, -0.2) is 8.78 Å². The highest BCUT2D eigenvalue weighted by Crippen LogP contribution is 2.17. The van der Waals surface area contributed by atoms with Crippen LogP contribution in [0.15, 0.2) is 18.2 Å². The summed E-state index contributed by atoms with van der Waals surface area (Å²) in [5.74, 6) is -1.13. The number of likely N-dealkylation sites (tertiary alicyclic amines) is 1. The van der Waals surface area contributed by atoms with Crippen LogP contribution in [0.3, 0.4) is 0 Å². The molecule has 0 radical (unpaired) electrons. The number of halogens is 2. The van der Waals surface area contributed by atoms with Gasteiger partial charge >= 0.3 is 0 Å². The van der Waals surface area contributed by atoms with Crippen LogP contribution in [-0.4, -0.2) is 49.6 Å². The highest BCUT2D eigenvalue weighted by Gasteiger charge is 2.13. The Morgan fingerprint density at radius 3 is 2.38 bits per heavy atom. The molecule has 2 N–H and O–H groups in total. The summed E-state index contributed by atoms with van der Waals surface area (Å²) in [4.78, 5) is 4.70. The molecule has 0 saturated carbocycles. The molecule has 1 aliphatic heterocycles. The molecule has 1 atom stereocenters. The summed E-state index contributed by atoms with van der Waals surface area (Å²) in [7, 11) is 2.06. The highest BCUT2D eigenvalue weighted by atomic mass is 19.1. The molecule has 1 saturated heterocycles. The number of nitrogens with two attached hydrogens (primary N) is 1. The minimum atomic E-state index is -0.567. The van der Waals surface area contributed by atoms with Gasteiger partial charge in [-0.15, -0.1) is 0 Å². The molecule has 2 rings (SSSR count). The van der Waals surface area contributed by atoms with Crippen molar-refractivity contribution in [1.29, 1.82) is 0 Å². The predicted molar refractivity (Wildman–Crippen MR) is 81.1 cm³/mol. The number of nitrogens with zero attached hydrogens (tertiary/aromatic N) is 2. The molecule has 0 aromatic heterocycles. The number of rotatable bonds is 7. The average Bonchev–Trinajstić information content (AvgIpc) is 2.94. The summed E-state index contributed by atoms with van der Waals surface area (Å²) in [5.41, 5.74) is 6.56. The van der Waals surface area contributed by atoms with Crippen molar-refractivity contribution in [3.63, 3.8) is 0 Å². The van der Waals surface area contributed by atoms with E-state index in [1.807, 2.05) is 0 Å². The molecule has 1 aromatic rings. The molecule has 1 unspecified atom stereocenters. The SMILES string of the molecule is CN(CCC(N)c1cc(F)cc(F)c1)CCN1CCCC1. The van der Waals surface area contributed by atoms with Crippen molar-refractivity contribution in [2.45, 2.75) is 25.3 Å². The summed E-state index contributed by atoms with van der Waals surface area (Å²) in [5, 5.41) is 0. The number of likely N-dealkylation sites (N-methyl/N-ethyl adjacent to an activating group) is 1. The molecule has 118 valence electrons. The van der Waals surface area contributed by atoms with E-state index >= 15 is 0 Å². The Morgan fingerprint density at radius 1 is 1.14 bits per heavy atom. The molecule has 0 bridgehead atoms. The average molecular weight is 297 g/mol. The van der Waals surface area contributed by atoms with Gasteiger partial charge in [0.2, 0.25) is 0 Å². The molecule has 5 heteroatoms. The molecule has 3 nitrogen and oxygen atoms in total. The topological polar surface area (TPSA) is 32.5 Å². The maximum Gasteiger partial charge on any atom is 0.126 e. The van der Waals surface area contributed by atoms with Crippen molar-refractivity contribution in [3.05, 3.63) is 35.4 Å². The maximum atomic E-state index is 13.2. The van der Waals surface area contributed by atoms with Crippen LogP contribution < -0.4 is 5.73 Å². The van der Waals surface area contributed by atoms with Crippen LogP contribution in [0.25, 0.3) is 0 Å². The van der Waals surface area contributed by atoms with Crippen molar-refractivity contribution < 1.29 is 8.78 Å². The summed E-state index contributed by atoms with van der Waals surface area (Å²) < 4.78 is 26.3. The van der Waals surface area contributed by atoms with Crippen LogP contribution in [0.1, 0.15) is 30.9 Å². The van der Waals surface area contributed by atoms with Crippen molar-refractivity contribution in [2.75, 3.05) is 39.8 Å². The molecule has 0 amide bonds. The quantitative estimate of drug-likeness (QED) is 0.839. The molecular weight excluding hydrogens is 272 g/mol. The van der Waals surface area contributed by atoms with Crippen LogP contribution >= 0.6 is 0 Å². The Morgan fingerprint density at radius 2 is 1.76 bits per heavy atom. The van der Waals surface area contributed by atoms with Gasteiger partial charge in [0.05, 0.1) is 0 Å². The first kappa shape index (κ1) is 16.3. The van der Waals surface area contributed by atoms with E-state index in [0.717, 1.165) is 25.7 Å². The number of hydrogen-bond acceptors (Lipinski definition) is 3. The van der Waals surface area contributed by atoms with E-state index in [4.69, 9.17) is 5.73 Å². The first-order valence-electron chi connectivity index (χ1n) is 7.67. The molecule has 1 fully saturated rings. The second kappa shape index (κ2) is 7.82. The third-order valence-electron chi connectivity index (χ3n) is 4.13. The minimum Gasteiger partial charge on any atom is -0.324 e. The Labute approximate surface area is 125 Å². The zero-order valence-electron chi connectivity index (χ0n) is 12.7. The van der Waals surface area contributed by atoms with E-state index in [9.17, 15) is 8.78 Å². The van der Waals surface area contributed by atoms with Gasteiger partial charge < -0.3 is 15.5 Å². The van der Waals surface area contributed by atoms with Gasteiger partial charge in [-0.2, -0.15) is 0 Å². The molecule has 0 aliphatic carbocycles. The van der Waals surface area contributed by atoms with Crippen LogP contribution in [0.4, 0.5) is 8.78 Å². The smallest absolute Gasteiger partial charge is 0.126 e. The largest absolute Gasteiger partial charge is 0.324 e. The molecular formula is C16H25F2N3. The number of hydrogen-bond donors (Lipinski definition) is 1. The van der Waals surface area contributed by atoms with Gasteiger partial charge in [0, 0.05) is 25.2 Å². The van der Waals surface area contributed by atoms with E-state index in [1.54, 1.807) is 0 Å². The van der Waals surface area contributed by atoms with Crippen LogP contribution in [0.5, 0.6) is 0 Å². The lowest BCUT2D eigenvalue weighted by atomic mass is 10.0. The summed E-state index contributed by atoms with van der Waals surface area (Å²) in [6, 6.07) is 3.18. The van der Waals surface area contributed by atoms with E-state index in [0.29, 0.717) is 12.0 Å². The Bertz CT molecular complexity index is 427. The monoisotopic (exact) mass is 297 g/mol. The predicted octanol–water partition coefficient (Wildman–Crippen LogP) is 2.38. The second-order valence-corrected chi connectivity index (χ2v) is 5.95. The van der Waals surface area contributed by atoms with E-state index < -0.39 is 11.6 Å². The highest BCUT2D eigenvalue weighted by molar-refractivity contribution is 5.21. The van der Waals surface area contributed by atoms with Gasteiger partial charge in [-0.1, -0.05) is 0 Å². The van der Waals surface area contributed by atoms with E-state index in [-0.39, 0.29) is 6.04 Å². The minimum absolute atomic E-state index is 0.329. The van der Waals surface area contributed by atoms with Crippen molar-refractivity contribution in [2.24, 2.45) is 5.73 Å². The fraction of sp³-hybridized carbons (Fsp3) is 0.625. The lowest BCUT2D eigenvalue weighted by Gasteiger charge is -2.22. The standard InChI is InChI=1S/C16H25F2N3/c1-20(8-9-21-5-2-3-6-21)7-4-16(19)13-10-14(17)12-15(18)11-13/h10-12,16H,2-9,19H2,1H3. The fourth-order valence-electron chi connectivity index (χ4n) is 2.75. The lowest BCUT2D eigenvalue weighted by molar-refractivity contribution is 0.251. The maximum absolute atomic E-state index is 13.2. The van der Waals surface area contributed by atoms with Crippen molar-refractivity contribution in [3.8, 4) is 0 Å². The third kappa shape index (κ3) is 5.34. The Balaban J connectivity index is 1.73. The van der Waals surface area contributed by atoms with E-state index in [2.05, 4.69) is 16.8 Å². The van der Waals surface area contributed by atoms with Crippen LogP contribution in [0.2, 0.25) is 0 Å². The molecule has 0 spiro atoms. The Hall–Kier alpha value is -1.04. The molecule has 1 heterocycles. The summed E-state index contributed by atoms with van der Waals surface area (Å²) in [6.45, 7) is 5.32. The van der Waals surface area contributed by atoms with Crippen LogP contribution in [0, 0.1) is 11.6 Å². The molecule has 1 aliphatic rings. The van der Waals surface area contributed by atoms with Gasteiger partial charge in [0.25, 0.3) is 0 Å². The van der Waals surface area contributed by atoms with Crippen molar-refractivity contribution in [1.82, 2.24) is 9.80 Å². The first-order valence-corrected chi connectivity index (χ1v) is 7.67. The molecule has 1 aromatic carbocycles. The van der Waals surface area contributed by atoms with Gasteiger partial charge in [0.1, 0.15) is 11.6 Å². The normalized spacial score (nSPS) is 17.6. The lowest BCUT2D eigenvalue weighted by Crippen LogP contribution is -2.33. The zero-order valence-corrected chi connectivity index (χ0v) is 12.7. The fourth-order valence-corrected chi connectivity index (χ4v) is 2.75. The zero-order chi connectivity index (χ0) is 15.2. The third-order valence-corrected chi connectivity index (χ3v) is 4.13. The van der Waals surface area contributed by atoms with Gasteiger partial charge in [-0.05, 0) is 63.6 Å².